The Morgan fingerprint density at radius 2 is 2.00 bits per heavy atom. The summed E-state index contributed by atoms with van der Waals surface area (Å²) in [6.45, 7) is 2.12. The van der Waals surface area contributed by atoms with Crippen LogP contribution >= 0.6 is 0 Å². The minimum atomic E-state index is 0.240. The highest BCUT2D eigenvalue weighted by atomic mass is 16.7. The molecule has 0 saturated heterocycles. The molecule has 1 aromatic heterocycles. The Balaban J connectivity index is 1.90. The van der Waals surface area contributed by atoms with Gasteiger partial charge in [-0.05, 0) is 31.2 Å². The SMILES string of the molecule is Cc1ccc(N)c(Oc2ccc3c(c2)OCO3)n1. The molecule has 0 fully saturated rings. The maximum atomic E-state index is 5.81. The van der Waals surface area contributed by atoms with Crippen LogP contribution in [0.3, 0.4) is 0 Å². The van der Waals surface area contributed by atoms with Gasteiger partial charge in [0, 0.05) is 11.8 Å². The Morgan fingerprint density at radius 3 is 2.89 bits per heavy atom. The average molecular weight is 244 g/mol. The van der Waals surface area contributed by atoms with Gasteiger partial charge >= 0.3 is 0 Å². The van der Waals surface area contributed by atoms with Crippen LogP contribution in [0.4, 0.5) is 5.69 Å². The lowest BCUT2D eigenvalue weighted by Gasteiger charge is -2.08. The molecule has 0 saturated carbocycles. The van der Waals surface area contributed by atoms with Gasteiger partial charge in [0.25, 0.3) is 0 Å². The van der Waals surface area contributed by atoms with Crippen LogP contribution in [-0.2, 0) is 0 Å². The monoisotopic (exact) mass is 244 g/mol. The van der Waals surface area contributed by atoms with E-state index in [9.17, 15) is 0 Å². The van der Waals surface area contributed by atoms with Crippen LogP contribution in [0, 0.1) is 6.92 Å². The Kier molecular flexibility index (Phi) is 2.44. The van der Waals surface area contributed by atoms with E-state index in [1.807, 2.05) is 13.0 Å². The molecule has 1 aromatic carbocycles. The molecule has 1 aliphatic rings. The molecule has 2 aromatic rings. The molecular formula is C13H12N2O3. The summed E-state index contributed by atoms with van der Waals surface area (Å²) in [4.78, 5) is 4.24. The van der Waals surface area contributed by atoms with Gasteiger partial charge in [0.2, 0.25) is 12.7 Å². The van der Waals surface area contributed by atoms with Gasteiger partial charge in [-0.25, -0.2) is 4.98 Å². The van der Waals surface area contributed by atoms with Crippen molar-refractivity contribution in [2.24, 2.45) is 0 Å². The van der Waals surface area contributed by atoms with Crippen LogP contribution in [0.5, 0.6) is 23.1 Å². The lowest BCUT2D eigenvalue weighted by Crippen LogP contribution is -1.96. The van der Waals surface area contributed by atoms with Crippen LogP contribution in [0.1, 0.15) is 5.69 Å². The Morgan fingerprint density at radius 1 is 1.17 bits per heavy atom. The van der Waals surface area contributed by atoms with Crippen molar-refractivity contribution in [1.82, 2.24) is 4.98 Å². The van der Waals surface area contributed by atoms with Gasteiger partial charge in [-0.1, -0.05) is 0 Å². The van der Waals surface area contributed by atoms with Crippen LogP contribution in [0.25, 0.3) is 0 Å². The summed E-state index contributed by atoms with van der Waals surface area (Å²) in [5.74, 6) is 2.39. The number of benzene rings is 1. The van der Waals surface area contributed by atoms with Gasteiger partial charge in [-0.15, -0.1) is 0 Å². The third kappa shape index (κ3) is 1.90. The molecule has 0 atom stereocenters. The van der Waals surface area contributed by atoms with Crippen LogP contribution in [0.15, 0.2) is 30.3 Å². The minimum absolute atomic E-state index is 0.240. The molecule has 0 spiro atoms. The number of hydrogen-bond donors (Lipinski definition) is 1. The van der Waals surface area contributed by atoms with Gasteiger partial charge in [0.1, 0.15) is 5.75 Å². The summed E-state index contributed by atoms with van der Waals surface area (Å²) in [5.41, 5.74) is 7.15. The van der Waals surface area contributed by atoms with Gasteiger partial charge in [0.05, 0.1) is 5.69 Å². The third-order valence-corrected chi connectivity index (χ3v) is 2.59. The summed E-state index contributed by atoms with van der Waals surface area (Å²) in [7, 11) is 0. The fourth-order valence-electron chi connectivity index (χ4n) is 1.68. The molecule has 0 aliphatic carbocycles. The number of anilines is 1. The maximum absolute atomic E-state index is 5.81. The molecule has 0 amide bonds. The van der Waals surface area contributed by atoms with E-state index in [0.717, 1.165) is 5.69 Å². The van der Waals surface area contributed by atoms with E-state index >= 15 is 0 Å². The smallest absolute Gasteiger partial charge is 0.242 e. The number of ether oxygens (including phenoxy) is 3. The van der Waals surface area contributed by atoms with E-state index in [4.69, 9.17) is 19.9 Å². The number of rotatable bonds is 2. The topological polar surface area (TPSA) is 66.6 Å². The number of pyridine rings is 1. The van der Waals surface area contributed by atoms with Crippen LogP contribution in [-0.4, -0.2) is 11.8 Å². The Bertz CT molecular complexity index is 599. The van der Waals surface area contributed by atoms with E-state index in [-0.39, 0.29) is 6.79 Å². The van der Waals surface area contributed by atoms with Gasteiger partial charge < -0.3 is 19.9 Å². The maximum Gasteiger partial charge on any atom is 0.242 e. The number of aryl methyl sites for hydroxylation is 1. The van der Waals surface area contributed by atoms with E-state index < -0.39 is 0 Å². The highest BCUT2D eigenvalue weighted by molar-refractivity contribution is 5.52. The largest absolute Gasteiger partial charge is 0.454 e. The van der Waals surface area contributed by atoms with Crippen molar-refractivity contribution in [3.63, 3.8) is 0 Å². The van der Waals surface area contributed by atoms with E-state index in [1.165, 1.54) is 0 Å². The second kappa shape index (κ2) is 4.10. The predicted octanol–water partition coefficient (Wildman–Crippen LogP) is 2.49. The second-order valence-electron chi connectivity index (χ2n) is 3.96. The number of fused-ring (bicyclic) bond motifs is 1. The van der Waals surface area contributed by atoms with Crippen molar-refractivity contribution < 1.29 is 14.2 Å². The number of hydrogen-bond acceptors (Lipinski definition) is 5. The van der Waals surface area contributed by atoms with Crippen molar-refractivity contribution in [2.45, 2.75) is 6.92 Å². The molecule has 92 valence electrons. The Labute approximate surface area is 104 Å². The molecule has 1 aliphatic heterocycles. The zero-order valence-corrected chi connectivity index (χ0v) is 9.84. The van der Waals surface area contributed by atoms with E-state index in [0.29, 0.717) is 28.8 Å². The van der Waals surface area contributed by atoms with E-state index in [1.54, 1.807) is 24.3 Å². The van der Waals surface area contributed by atoms with Crippen LogP contribution < -0.4 is 19.9 Å². The molecule has 2 heterocycles. The molecule has 18 heavy (non-hydrogen) atoms. The summed E-state index contributed by atoms with van der Waals surface area (Å²) in [6, 6.07) is 8.94. The van der Waals surface area contributed by atoms with Crippen LogP contribution in [0.2, 0.25) is 0 Å². The molecule has 5 nitrogen and oxygen atoms in total. The van der Waals surface area contributed by atoms with Gasteiger partial charge in [-0.2, -0.15) is 0 Å². The number of nitrogens with zero attached hydrogens (tertiary/aromatic N) is 1. The average Bonchev–Trinajstić information content (AvgIpc) is 2.81. The summed E-state index contributed by atoms with van der Waals surface area (Å²) < 4.78 is 16.1. The zero-order chi connectivity index (χ0) is 12.5. The first-order valence-corrected chi connectivity index (χ1v) is 5.53. The molecular weight excluding hydrogens is 232 g/mol. The first kappa shape index (κ1) is 10.7. The lowest BCUT2D eigenvalue weighted by molar-refractivity contribution is 0.174. The fraction of sp³-hybridized carbons (Fsp3) is 0.154. The molecule has 0 unspecified atom stereocenters. The minimum Gasteiger partial charge on any atom is -0.454 e. The fourth-order valence-corrected chi connectivity index (χ4v) is 1.68. The second-order valence-corrected chi connectivity index (χ2v) is 3.96. The Hall–Kier alpha value is -2.43. The molecule has 5 heteroatoms. The molecule has 0 radical (unpaired) electrons. The first-order valence-electron chi connectivity index (χ1n) is 5.53. The predicted molar refractivity (Wildman–Crippen MR) is 66.0 cm³/mol. The number of nitrogen functional groups attached to an aromatic ring is 1. The van der Waals surface area contributed by atoms with Crippen molar-refractivity contribution in [1.29, 1.82) is 0 Å². The van der Waals surface area contributed by atoms with Crippen molar-refractivity contribution >= 4 is 5.69 Å². The van der Waals surface area contributed by atoms with Crippen molar-refractivity contribution in [3.8, 4) is 23.1 Å². The quantitative estimate of drug-likeness (QED) is 0.879. The lowest BCUT2D eigenvalue weighted by atomic mass is 10.3. The summed E-state index contributed by atoms with van der Waals surface area (Å²) in [5, 5.41) is 0. The van der Waals surface area contributed by atoms with Gasteiger partial charge in [0.15, 0.2) is 11.5 Å². The van der Waals surface area contributed by atoms with E-state index in [2.05, 4.69) is 4.98 Å². The molecule has 0 bridgehead atoms. The highest BCUT2D eigenvalue weighted by Crippen LogP contribution is 2.37. The van der Waals surface area contributed by atoms with Crippen molar-refractivity contribution in [2.75, 3.05) is 12.5 Å². The zero-order valence-electron chi connectivity index (χ0n) is 9.84. The molecule has 3 rings (SSSR count). The first-order chi connectivity index (χ1) is 8.72. The summed E-state index contributed by atoms with van der Waals surface area (Å²) in [6.07, 6.45) is 0. The standard InChI is InChI=1S/C13H12N2O3/c1-8-2-4-10(14)13(15-8)18-9-3-5-11-12(6-9)17-7-16-11/h2-6H,7,14H2,1H3. The number of aromatic nitrogens is 1. The van der Waals surface area contributed by atoms with Gasteiger partial charge in [-0.3, -0.25) is 0 Å². The highest BCUT2D eigenvalue weighted by Gasteiger charge is 2.14. The normalized spacial score (nSPS) is 12.5. The third-order valence-electron chi connectivity index (χ3n) is 2.59. The summed E-state index contributed by atoms with van der Waals surface area (Å²) >= 11 is 0. The molecule has 2 N–H and O–H groups in total. The van der Waals surface area contributed by atoms with Crippen molar-refractivity contribution in [3.05, 3.63) is 36.0 Å². The number of nitrogens with two attached hydrogens (primary N) is 1.